The molecule has 0 aliphatic rings. The summed E-state index contributed by atoms with van der Waals surface area (Å²) in [6.45, 7) is 8.30. The minimum atomic E-state index is 0.884. The number of hydrogen-bond acceptors (Lipinski definition) is 2. The van der Waals surface area contributed by atoms with E-state index in [9.17, 15) is 0 Å². The molecule has 0 saturated heterocycles. The van der Waals surface area contributed by atoms with E-state index in [-0.39, 0.29) is 0 Å². The van der Waals surface area contributed by atoms with E-state index in [1.807, 2.05) is 13.8 Å². The molecule has 3 aromatic rings. The van der Waals surface area contributed by atoms with E-state index in [2.05, 4.69) is 38.1 Å². The maximum Gasteiger partial charge on any atom is 0.134 e. The van der Waals surface area contributed by atoms with Gasteiger partial charge in [0.15, 0.2) is 0 Å². The molecule has 102 valence electrons. The van der Waals surface area contributed by atoms with Crippen molar-refractivity contribution in [2.75, 3.05) is 0 Å². The lowest BCUT2D eigenvalue weighted by molar-refractivity contribution is 0.573. The van der Waals surface area contributed by atoms with Gasteiger partial charge >= 0.3 is 0 Å². The summed E-state index contributed by atoms with van der Waals surface area (Å²) in [5.41, 5.74) is 6.91. The zero-order chi connectivity index (χ0) is 14.3. The van der Waals surface area contributed by atoms with E-state index in [1.165, 1.54) is 11.1 Å². The Balaban J connectivity index is 2.24. The van der Waals surface area contributed by atoms with E-state index in [4.69, 9.17) is 8.83 Å². The zero-order valence-electron chi connectivity index (χ0n) is 12.3. The number of furan rings is 2. The van der Waals surface area contributed by atoms with E-state index >= 15 is 0 Å². The van der Waals surface area contributed by atoms with Gasteiger partial charge in [-0.05, 0) is 74.2 Å². The van der Waals surface area contributed by atoms with Crippen LogP contribution in [0.1, 0.15) is 22.3 Å². The van der Waals surface area contributed by atoms with Crippen LogP contribution in [0.25, 0.3) is 22.6 Å². The van der Waals surface area contributed by atoms with Crippen molar-refractivity contribution in [3.63, 3.8) is 0 Å². The minimum absolute atomic E-state index is 0.884. The lowest BCUT2D eigenvalue weighted by Crippen LogP contribution is -1.88. The zero-order valence-corrected chi connectivity index (χ0v) is 12.3. The molecule has 0 bridgehead atoms. The van der Waals surface area contributed by atoms with Crippen LogP contribution in [0.3, 0.4) is 0 Å². The normalized spacial score (nSPS) is 11.0. The van der Waals surface area contributed by atoms with Gasteiger partial charge < -0.3 is 8.83 Å². The Hall–Kier alpha value is -2.22. The fourth-order valence-electron chi connectivity index (χ4n) is 2.37. The van der Waals surface area contributed by atoms with Crippen LogP contribution in [0.15, 0.2) is 45.6 Å². The molecule has 2 aromatic heterocycles. The second kappa shape index (κ2) is 4.71. The molecular formula is C18H18O2. The highest BCUT2D eigenvalue weighted by Gasteiger charge is 2.15. The molecule has 0 atom stereocenters. The Morgan fingerprint density at radius 3 is 1.30 bits per heavy atom. The molecule has 3 rings (SSSR count). The molecule has 0 amide bonds. The van der Waals surface area contributed by atoms with Crippen LogP contribution < -0.4 is 0 Å². The van der Waals surface area contributed by atoms with Crippen LogP contribution in [0, 0.1) is 27.7 Å². The Morgan fingerprint density at radius 2 is 1.00 bits per heavy atom. The van der Waals surface area contributed by atoms with E-state index in [0.29, 0.717) is 0 Å². The Morgan fingerprint density at radius 1 is 0.600 bits per heavy atom. The standard InChI is InChI=1S/C18H18O2/c1-11-5-17(19-9-11)15-7-13(3)14(4)8-16(15)18-6-12(2)10-20-18/h5-10H,1-4H3. The van der Waals surface area contributed by atoms with Gasteiger partial charge in [0, 0.05) is 11.1 Å². The molecule has 0 fully saturated rings. The summed E-state index contributed by atoms with van der Waals surface area (Å²) in [4.78, 5) is 0. The van der Waals surface area contributed by atoms with Gasteiger partial charge in [-0.25, -0.2) is 0 Å². The third-order valence-corrected chi connectivity index (χ3v) is 3.63. The van der Waals surface area contributed by atoms with E-state index < -0.39 is 0 Å². The molecule has 0 N–H and O–H groups in total. The van der Waals surface area contributed by atoms with Gasteiger partial charge in [0.25, 0.3) is 0 Å². The predicted molar refractivity (Wildman–Crippen MR) is 80.8 cm³/mol. The maximum absolute atomic E-state index is 5.67. The van der Waals surface area contributed by atoms with Crippen molar-refractivity contribution in [2.24, 2.45) is 0 Å². The average molecular weight is 266 g/mol. The van der Waals surface area contributed by atoms with Crippen molar-refractivity contribution < 1.29 is 8.83 Å². The van der Waals surface area contributed by atoms with Crippen molar-refractivity contribution in [3.8, 4) is 22.6 Å². The van der Waals surface area contributed by atoms with Crippen LogP contribution in [0.5, 0.6) is 0 Å². The first kappa shape index (κ1) is 12.8. The molecule has 0 saturated carbocycles. The van der Waals surface area contributed by atoms with Gasteiger partial charge in [-0.1, -0.05) is 0 Å². The average Bonchev–Trinajstić information content (AvgIpc) is 3.01. The fourth-order valence-corrected chi connectivity index (χ4v) is 2.37. The molecule has 0 unspecified atom stereocenters. The third kappa shape index (κ3) is 2.18. The molecule has 0 radical (unpaired) electrons. The predicted octanol–water partition coefficient (Wildman–Crippen LogP) is 5.44. The van der Waals surface area contributed by atoms with Gasteiger partial charge in [0.1, 0.15) is 11.5 Å². The Labute approximate surface area is 119 Å². The monoisotopic (exact) mass is 266 g/mol. The molecule has 2 heteroatoms. The summed E-state index contributed by atoms with van der Waals surface area (Å²) in [6.07, 6.45) is 3.56. The van der Waals surface area contributed by atoms with Crippen molar-refractivity contribution in [2.45, 2.75) is 27.7 Å². The van der Waals surface area contributed by atoms with E-state index in [1.54, 1.807) is 12.5 Å². The third-order valence-electron chi connectivity index (χ3n) is 3.63. The first-order chi connectivity index (χ1) is 9.54. The molecular weight excluding hydrogens is 248 g/mol. The SMILES string of the molecule is Cc1coc(-c2cc(C)c(C)cc2-c2cc(C)co2)c1. The van der Waals surface area contributed by atoms with Crippen molar-refractivity contribution in [1.29, 1.82) is 0 Å². The van der Waals surface area contributed by atoms with Crippen LogP contribution in [0.2, 0.25) is 0 Å². The minimum Gasteiger partial charge on any atom is -0.464 e. The summed E-state index contributed by atoms with van der Waals surface area (Å²) < 4.78 is 11.3. The van der Waals surface area contributed by atoms with Crippen molar-refractivity contribution in [1.82, 2.24) is 0 Å². The molecule has 0 spiro atoms. The molecule has 0 aliphatic heterocycles. The second-order valence-corrected chi connectivity index (χ2v) is 5.46. The topological polar surface area (TPSA) is 26.3 Å². The highest BCUT2D eigenvalue weighted by atomic mass is 16.3. The molecule has 0 aliphatic carbocycles. The quantitative estimate of drug-likeness (QED) is 0.617. The van der Waals surface area contributed by atoms with Crippen LogP contribution in [-0.4, -0.2) is 0 Å². The summed E-state index contributed by atoms with van der Waals surface area (Å²) in [5, 5.41) is 0. The highest BCUT2D eigenvalue weighted by Crippen LogP contribution is 2.36. The van der Waals surface area contributed by atoms with Crippen LogP contribution >= 0.6 is 0 Å². The fraction of sp³-hybridized carbons (Fsp3) is 0.222. The van der Waals surface area contributed by atoms with Gasteiger partial charge in [0.2, 0.25) is 0 Å². The van der Waals surface area contributed by atoms with Crippen LogP contribution in [-0.2, 0) is 0 Å². The number of aryl methyl sites for hydroxylation is 4. The second-order valence-electron chi connectivity index (χ2n) is 5.46. The molecule has 1 aromatic carbocycles. The first-order valence-corrected chi connectivity index (χ1v) is 6.77. The van der Waals surface area contributed by atoms with Crippen molar-refractivity contribution in [3.05, 3.63) is 59.0 Å². The summed E-state index contributed by atoms with van der Waals surface area (Å²) in [6, 6.07) is 8.45. The van der Waals surface area contributed by atoms with Gasteiger partial charge in [0.05, 0.1) is 12.5 Å². The smallest absolute Gasteiger partial charge is 0.134 e. The van der Waals surface area contributed by atoms with E-state index in [0.717, 1.165) is 33.8 Å². The van der Waals surface area contributed by atoms with Crippen molar-refractivity contribution >= 4 is 0 Å². The molecule has 20 heavy (non-hydrogen) atoms. The first-order valence-electron chi connectivity index (χ1n) is 6.77. The maximum atomic E-state index is 5.67. The summed E-state index contributed by atoms with van der Waals surface area (Å²) in [5.74, 6) is 1.77. The Kier molecular flexibility index (Phi) is 3.01. The largest absolute Gasteiger partial charge is 0.464 e. The lowest BCUT2D eigenvalue weighted by atomic mass is 9.96. The van der Waals surface area contributed by atoms with Gasteiger partial charge in [-0.3, -0.25) is 0 Å². The van der Waals surface area contributed by atoms with Crippen LogP contribution in [0.4, 0.5) is 0 Å². The highest BCUT2D eigenvalue weighted by molar-refractivity contribution is 5.80. The summed E-state index contributed by atoms with van der Waals surface area (Å²) in [7, 11) is 0. The Bertz CT molecular complexity index is 694. The molecule has 2 nitrogen and oxygen atoms in total. The number of benzene rings is 1. The lowest BCUT2D eigenvalue weighted by Gasteiger charge is -2.09. The molecule has 2 heterocycles. The number of rotatable bonds is 2. The summed E-state index contributed by atoms with van der Waals surface area (Å²) >= 11 is 0. The van der Waals surface area contributed by atoms with Gasteiger partial charge in [-0.15, -0.1) is 0 Å². The van der Waals surface area contributed by atoms with Gasteiger partial charge in [-0.2, -0.15) is 0 Å². The number of hydrogen-bond donors (Lipinski definition) is 0.